The normalized spacial score (nSPS) is 14.5. The molecule has 0 saturated heterocycles. The SMILES string of the molecule is COc1cccc(CCC(=O)Nc2sc3c(c2C#N)CCC(OC(=O)NCCn2ccnc2)C3)c1. The molecule has 35 heavy (non-hydrogen) atoms. The molecule has 2 aromatic heterocycles. The molecule has 1 aliphatic rings. The number of fused-ring (bicyclic) bond motifs is 1. The molecule has 10 heteroatoms. The van der Waals surface area contributed by atoms with Crippen molar-refractivity contribution >= 4 is 28.3 Å². The van der Waals surface area contributed by atoms with E-state index < -0.39 is 6.09 Å². The Balaban J connectivity index is 1.30. The first-order valence-corrected chi connectivity index (χ1v) is 12.2. The summed E-state index contributed by atoms with van der Waals surface area (Å²) in [5.41, 5.74) is 2.47. The third-order valence-electron chi connectivity index (χ3n) is 5.83. The Labute approximate surface area is 207 Å². The Kier molecular flexibility index (Phi) is 8.00. The minimum absolute atomic E-state index is 0.145. The number of rotatable bonds is 9. The lowest BCUT2D eigenvalue weighted by Gasteiger charge is -2.22. The summed E-state index contributed by atoms with van der Waals surface area (Å²) < 4.78 is 12.7. The molecule has 0 radical (unpaired) electrons. The van der Waals surface area contributed by atoms with Crippen LogP contribution in [0.15, 0.2) is 43.0 Å². The molecule has 1 atom stereocenters. The number of hydrogen-bond donors (Lipinski definition) is 2. The summed E-state index contributed by atoms with van der Waals surface area (Å²) in [6, 6.07) is 9.86. The molecule has 182 valence electrons. The number of methoxy groups -OCH3 is 1. The molecule has 2 heterocycles. The maximum Gasteiger partial charge on any atom is 0.407 e. The fraction of sp³-hybridized carbons (Fsp3) is 0.360. The van der Waals surface area contributed by atoms with Crippen molar-refractivity contribution in [3.63, 3.8) is 0 Å². The highest BCUT2D eigenvalue weighted by molar-refractivity contribution is 7.16. The van der Waals surface area contributed by atoms with E-state index in [1.807, 2.05) is 35.0 Å². The number of benzene rings is 1. The van der Waals surface area contributed by atoms with Gasteiger partial charge in [0.05, 0.1) is 19.0 Å². The third kappa shape index (κ3) is 6.39. The number of aryl methyl sites for hydroxylation is 1. The highest BCUT2D eigenvalue weighted by Gasteiger charge is 2.28. The van der Waals surface area contributed by atoms with Gasteiger partial charge in [0.15, 0.2) is 0 Å². The van der Waals surface area contributed by atoms with Gasteiger partial charge in [-0.05, 0) is 42.5 Å². The van der Waals surface area contributed by atoms with Crippen LogP contribution < -0.4 is 15.4 Å². The fourth-order valence-electron chi connectivity index (χ4n) is 4.04. The number of hydrogen-bond acceptors (Lipinski definition) is 7. The highest BCUT2D eigenvalue weighted by atomic mass is 32.1. The van der Waals surface area contributed by atoms with E-state index in [1.54, 1.807) is 19.6 Å². The molecule has 1 aliphatic carbocycles. The first-order valence-electron chi connectivity index (χ1n) is 11.4. The predicted octanol–water partition coefficient (Wildman–Crippen LogP) is 3.68. The maximum absolute atomic E-state index is 12.6. The van der Waals surface area contributed by atoms with Crippen LogP contribution in [-0.4, -0.2) is 41.3 Å². The second kappa shape index (κ2) is 11.5. The number of carbonyl (C=O) groups excluding carboxylic acids is 2. The lowest BCUT2D eigenvalue weighted by atomic mass is 9.94. The maximum atomic E-state index is 12.6. The van der Waals surface area contributed by atoms with Crippen molar-refractivity contribution in [1.29, 1.82) is 5.26 Å². The van der Waals surface area contributed by atoms with E-state index in [-0.39, 0.29) is 12.0 Å². The molecule has 1 unspecified atom stereocenters. The molecule has 0 spiro atoms. The highest BCUT2D eigenvalue weighted by Crippen LogP contribution is 2.38. The molecule has 0 saturated carbocycles. The van der Waals surface area contributed by atoms with Gasteiger partial charge in [-0.2, -0.15) is 5.26 Å². The number of nitrogens with one attached hydrogen (secondary N) is 2. The minimum Gasteiger partial charge on any atom is -0.497 e. The number of nitrogens with zero attached hydrogens (tertiary/aromatic N) is 3. The molecule has 0 fully saturated rings. The average molecular weight is 494 g/mol. The van der Waals surface area contributed by atoms with Crippen LogP contribution in [-0.2, 0) is 35.3 Å². The Morgan fingerprint density at radius 3 is 3.03 bits per heavy atom. The molecule has 1 aromatic carbocycles. The number of amides is 2. The first kappa shape index (κ1) is 24.3. The van der Waals surface area contributed by atoms with Gasteiger partial charge in [-0.15, -0.1) is 11.3 Å². The van der Waals surface area contributed by atoms with Crippen LogP contribution in [0.1, 0.15) is 34.4 Å². The van der Waals surface area contributed by atoms with Crippen LogP contribution in [0, 0.1) is 11.3 Å². The molecular weight excluding hydrogens is 466 g/mol. The number of thiophene rings is 1. The zero-order valence-corrected chi connectivity index (χ0v) is 20.3. The van der Waals surface area contributed by atoms with Gasteiger partial charge in [-0.25, -0.2) is 9.78 Å². The number of ether oxygens (including phenoxy) is 2. The number of imidazole rings is 1. The Hall–Kier alpha value is -3.84. The van der Waals surface area contributed by atoms with Gasteiger partial charge in [0, 0.05) is 43.2 Å². The molecule has 9 nitrogen and oxygen atoms in total. The number of anilines is 1. The van der Waals surface area contributed by atoms with Gasteiger partial charge in [-0.3, -0.25) is 4.79 Å². The summed E-state index contributed by atoms with van der Waals surface area (Å²) >= 11 is 1.39. The van der Waals surface area contributed by atoms with Crippen molar-refractivity contribution in [1.82, 2.24) is 14.9 Å². The number of carbonyl (C=O) groups is 2. The summed E-state index contributed by atoms with van der Waals surface area (Å²) in [6.07, 6.45) is 7.14. The molecule has 0 bridgehead atoms. The first-order chi connectivity index (χ1) is 17.1. The van der Waals surface area contributed by atoms with Gasteiger partial charge in [0.1, 0.15) is 22.9 Å². The molecule has 0 aliphatic heterocycles. The Morgan fingerprint density at radius 1 is 1.37 bits per heavy atom. The Morgan fingerprint density at radius 2 is 2.26 bits per heavy atom. The van der Waals surface area contributed by atoms with Crippen molar-refractivity contribution < 1.29 is 19.1 Å². The lowest BCUT2D eigenvalue weighted by Crippen LogP contribution is -2.33. The zero-order chi connectivity index (χ0) is 24.6. The van der Waals surface area contributed by atoms with E-state index in [2.05, 4.69) is 21.7 Å². The van der Waals surface area contributed by atoms with Crippen molar-refractivity contribution in [3.05, 3.63) is 64.6 Å². The zero-order valence-electron chi connectivity index (χ0n) is 19.5. The van der Waals surface area contributed by atoms with Gasteiger partial charge in [-0.1, -0.05) is 12.1 Å². The van der Waals surface area contributed by atoms with Gasteiger partial charge in [0.2, 0.25) is 5.91 Å². The van der Waals surface area contributed by atoms with Crippen LogP contribution >= 0.6 is 11.3 Å². The Bertz CT molecular complexity index is 1220. The minimum atomic E-state index is -0.457. The fourth-order valence-corrected chi connectivity index (χ4v) is 5.32. The molecular formula is C25H27N5O4S. The monoisotopic (exact) mass is 493 g/mol. The third-order valence-corrected chi connectivity index (χ3v) is 7.00. The van der Waals surface area contributed by atoms with Crippen LogP contribution in [0.4, 0.5) is 9.80 Å². The van der Waals surface area contributed by atoms with Gasteiger partial charge in [0.25, 0.3) is 0 Å². The summed E-state index contributed by atoms with van der Waals surface area (Å²) in [5.74, 6) is 0.609. The molecule has 4 rings (SSSR count). The molecule has 2 amide bonds. The summed E-state index contributed by atoms with van der Waals surface area (Å²) in [7, 11) is 1.61. The number of nitriles is 1. The summed E-state index contributed by atoms with van der Waals surface area (Å²) in [5, 5.41) is 16.0. The van der Waals surface area contributed by atoms with E-state index >= 15 is 0 Å². The summed E-state index contributed by atoms with van der Waals surface area (Å²) in [4.78, 5) is 29.7. The number of aromatic nitrogens is 2. The number of alkyl carbamates (subject to hydrolysis) is 1. The van der Waals surface area contributed by atoms with Gasteiger partial charge < -0.3 is 24.7 Å². The summed E-state index contributed by atoms with van der Waals surface area (Å²) in [6.45, 7) is 1.05. The van der Waals surface area contributed by atoms with E-state index in [0.717, 1.165) is 21.8 Å². The van der Waals surface area contributed by atoms with E-state index in [0.29, 0.717) is 55.8 Å². The average Bonchev–Trinajstić information content (AvgIpc) is 3.50. The van der Waals surface area contributed by atoms with Crippen molar-refractivity contribution in [2.24, 2.45) is 0 Å². The topological polar surface area (TPSA) is 118 Å². The van der Waals surface area contributed by atoms with Crippen molar-refractivity contribution in [3.8, 4) is 11.8 Å². The second-order valence-electron chi connectivity index (χ2n) is 8.22. The van der Waals surface area contributed by atoms with E-state index in [1.165, 1.54) is 11.3 Å². The van der Waals surface area contributed by atoms with E-state index in [4.69, 9.17) is 9.47 Å². The van der Waals surface area contributed by atoms with Gasteiger partial charge >= 0.3 is 6.09 Å². The van der Waals surface area contributed by atoms with Crippen molar-refractivity contribution in [2.45, 2.75) is 44.8 Å². The van der Waals surface area contributed by atoms with Crippen LogP contribution in [0.25, 0.3) is 0 Å². The largest absolute Gasteiger partial charge is 0.497 e. The van der Waals surface area contributed by atoms with Crippen LogP contribution in [0.3, 0.4) is 0 Å². The molecule has 3 aromatic rings. The standard InChI is InChI=1S/C25H27N5O4S/c1-33-18-4-2-3-17(13-18)5-8-23(31)29-24-21(15-26)20-7-6-19(14-22(20)35-24)34-25(32)28-10-12-30-11-9-27-16-30/h2-4,9,11,13,16,19H,5-8,10,12,14H2,1H3,(H,28,32)(H,29,31). The van der Waals surface area contributed by atoms with Crippen LogP contribution in [0.5, 0.6) is 5.75 Å². The van der Waals surface area contributed by atoms with Crippen molar-refractivity contribution in [2.75, 3.05) is 19.0 Å². The quantitative estimate of drug-likeness (QED) is 0.469. The van der Waals surface area contributed by atoms with Crippen LogP contribution in [0.2, 0.25) is 0 Å². The predicted molar refractivity (Wildman–Crippen MR) is 132 cm³/mol. The smallest absolute Gasteiger partial charge is 0.407 e. The molecule has 2 N–H and O–H groups in total. The second-order valence-corrected chi connectivity index (χ2v) is 9.32. The van der Waals surface area contributed by atoms with E-state index in [9.17, 15) is 14.9 Å². The lowest BCUT2D eigenvalue weighted by molar-refractivity contribution is -0.116.